The summed E-state index contributed by atoms with van der Waals surface area (Å²) < 4.78 is 5.30. The highest BCUT2D eigenvalue weighted by atomic mass is 16.6. The molecule has 1 aliphatic rings. The largest absolute Gasteiger partial charge is 0.444 e. The summed E-state index contributed by atoms with van der Waals surface area (Å²) >= 11 is 0. The monoisotopic (exact) mass is 403 g/mol. The van der Waals surface area contributed by atoms with Crippen molar-refractivity contribution < 1.29 is 23.9 Å². The molecule has 1 saturated heterocycles. The third kappa shape index (κ3) is 6.30. The zero-order valence-electron chi connectivity index (χ0n) is 17.5. The molecule has 0 saturated carbocycles. The molecular formula is C21H29N3O5. The summed E-state index contributed by atoms with van der Waals surface area (Å²) in [5.74, 6) is -0.524. The fourth-order valence-corrected chi connectivity index (χ4v) is 3.03. The van der Waals surface area contributed by atoms with Gasteiger partial charge < -0.3 is 9.64 Å². The van der Waals surface area contributed by atoms with E-state index < -0.39 is 11.7 Å². The summed E-state index contributed by atoms with van der Waals surface area (Å²) in [7, 11) is 0. The normalized spacial score (nSPS) is 14.6. The van der Waals surface area contributed by atoms with E-state index in [2.05, 4.69) is 0 Å². The Morgan fingerprint density at radius 3 is 2.48 bits per heavy atom. The van der Waals surface area contributed by atoms with E-state index in [-0.39, 0.29) is 24.9 Å². The molecule has 29 heavy (non-hydrogen) atoms. The van der Waals surface area contributed by atoms with Crippen LogP contribution >= 0.6 is 0 Å². The molecule has 1 aromatic rings. The molecule has 1 heterocycles. The van der Waals surface area contributed by atoms with Gasteiger partial charge >= 0.3 is 6.09 Å². The Morgan fingerprint density at radius 2 is 1.90 bits per heavy atom. The van der Waals surface area contributed by atoms with Crippen LogP contribution in [0, 0.1) is 6.92 Å². The minimum Gasteiger partial charge on any atom is -0.444 e. The standard InChI is InChI=1S/C21H29N3O5/c1-16-8-5-6-9-17(16)19(27)24(15-25)11-7-10-22-12-13-23(14-18(22)26)20(28)29-21(2,3)4/h5-6,8-9,15H,7,10-14H2,1-4H3. The molecule has 2 rings (SSSR count). The van der Waals surface area contributed by atoms with Crippen molar-refractivity contribution in [1.82, 2.24) is 14.7 Å². The number of aryl methyl sites for hydroxylation is 1. The van der Waals surface area contributed by atoms with E-state index in [0.717, 1.165) is 10.5 Å². The number of ether oxygens (including phenoxy) is 1. The lowest BCUT2D eigenvalue weighted by Crippen LogP contribution is -2.53. The van der Waals surface area contributed by atoms with Crippen LogP contribution in [0.5, 0.6) is 0 Å². The van der Waals surface area contributed by atoms with Crippen molar-refractivity contribution in [2.24, 2.45) is 0 Å². The molecular weight excluding hydrogens is 374 g/mol. The predicted octanol–water partition coefficient (Wildman–Crippen LogP) is 2.06. The van der Waals surface area contributed by atoms with Crippen molar-refractivity contribution in [2.75, 3.05) is 32.7 Å². The lowest BCUT2D eigenvalue weighted by Gasteiger charge is -2.35. The van der Waals surface area contributed by atoms with Gasteiger partial charge in [-0.15, -0.1) is 0 Å². The van der Waals surface area contributed by atoms with E-state index in [4.69, 9.17) is 4.74 Å². The average Bonchev–Trinajstić information content (AvgIpc) is 2.65. The van der Waals surface area contributed by atoms with E-state index in [1.54, 1.807) is 37.8 Å². The molecule has 8 heteroatoms. The van der Waals surface area contributed by atoms with Gasteiger partial charge in [0.05, 0.1) is 0 Å². The van der Waals surface area contributed by atoms with Crippen LogP contribution in [0.15, 0.2) is 24.3 Å². The lowest BCUT2D eigenvalue weighted by atomic mass is 10.1. The van der Waals surface area contributed by atoms with Crippen LogP contribution < -0.4 is 0 Å². The first-order chi connectivity index (χ1) is 13.6. The molecule has 0 aliphatic carbocycles. The first kappa shape index (κ1) is 22.4. The van der Waals surface area contributed by atoms with Gasteiger partial charge in [-0.25, -0.2) is 4.79 Å². The SMILES string of the molecule is Cc1ccccc1C(=O)N(C=O)CCCN1CCN(C(=O)OC(C)(C)C)CC1=O. The van der Waals surface area contributed by atoms with Crippen LogP contribution in [0.1, 0.15) is 43.1 Å². The highest BCUT2D eigenvalue weighted by molar-refractivity contribution is 6.00. The number of imide groups is 1. The van der Waals surface area contributed by atoms with Crippen molar-refractivity contribution >= 4 is 24.3 Å². The van der Waals surface area contributed by atoms with Crippen molar-refractivity contribution in [2.45, 2.75) is 39.7 Å². The predicted molar refractivity (Wildman–Crippen MR) is 107 cm³/mol. The molecule has 8 nitrogen and oxygen atoms in total. The number of hydrogen-bond donors (Lipinski definition) is 0. The summed E-state index contributed by atoms with van der Waals surface area (Å²) in [4.78, 5) is 52.5. The summed E-state index contributed by atoms with van der Waals surface area (Å²) in [6.45, 7) is 8.53. The summed E-state index contributed by atoms with van der Waals surface area (Å²) in [5, 5.41) is 0. The van der Waals surface area contributed by atoms with Crippen LogP contribution in [-0.4, -0.2) is 77.3 Å². The molecule has 0 bridgehead atoms. The molecule has 0 N–H and O–H groups in total. The summed E-state index contributed by atoms with van der Waals surface area (Å²) in [5.41, 5.74) is 0.679. The van der Waals surface area contributed by atoms with Crippen LogP contribution in [0.4, 0.5) is 4.79 Å². The van der Waals surface area contributed by atoms with Crippen LogP contribution in [-0.2, 0) is 14.3 Å². The number of nitrogens with zero attached hydrogens (tertiary/aromatic N) is 3. The zero-order chi connectivity index (χ0) is 21.6. The third-order valence-corrected chi connectivity index (χ3v) is 4.56. The van der Waals surface area contributed by atoms with Gasteiger partial charge in [-0.05, 0) is 45.7 Å². The minimum atomic E-state index is -0.612. The molecule has 158 valence electrons. The quantitative estimate of drug-likeness (QED) is 0.679. The first-order valence-electron chi connectivity index (χ1n) is 9.70. The van der Waals surface area contributed by atoms with Crippen molar-refractivity contribution in [3.05, 3.63) is 35.4 Å². The van der Waals surface area contributed by atoms with Crippen molar-refractivity contribution in [3.8, 4) is 0 Å². The molecule has 1 fully saturated rings. The fraction of sp³-hybridized carbons (Fsp3) is 0.524. The molecule has 0 unspecified atom stereocenters. The van der Waals surface area contributed by atoms with Crippen LogP contribution in [0.25, 0.3) is 0 Å². The summed E-state index contributed by atoms with van der Waals surface area (Å²) in [6.07, 6.45) is 0.493. The van der Waals surface area contributed by atoms with Crippen LogP contribution in [0.2, 0.25) is 0 Å². The second-order valence-corrected chi connectivity index (χ2v) is 8.06. The van der Waals surface area contributed by atoms with E-state index in [1.165, 1.54) is 4.90 Å². The Bertz CT molecular complexity index is 772. The van der Waals surface area contributed by atoms with Gasteiger partial charge in [0.25, 0.3) is 5.91 Å². The van der Waals surface area contributed by atoms with Gasteiger partial charge in [0.1, 0.15) is 12.1 Å². The highest BCUT2D eigenvalue weighted by Gasteiger charge is 2.30. The highest BCUT2D eigenvalue weighted by Crippen LogP contribution is 2.13. The lowest BCUT2D eigenvalue weighted by molar-refractivity contribution is -0.135. The number of rotatable bonds is 6. The smallest absolute Gasteiger partial charge is 0.410 e. The maximum Gasteiger partial charge on any atom is 0.410 e. The van der Waals surface area contributed by atoms with Gasteiger partial charge in [0.15, 0.2) is 0 Å². The minimum absolute atomic E-state index is 0.0333. The number of carbonyl (C=O) groups excluding carboxylic acids is 4. The Kier molecular flexibility index (Phi) is 7.36. The maximum atomic E-state index is 12.5. The van der Waals surface area contributed by atoms with Gasteiger partial charge in [0, 0.05) is 31.7 Å². The molecule has 0 atom stereocenters. The van der Waals surface area contributed by atoms with Crippen LogP contribution in [0.3, 0.4) is 0 Å². The Labute approximate surface area is 171 Å². The van der Waals surface area contributed by atoms with E-state index in [9.17, 15) is 19.2 Å². The molecule has 1 aliphatic heterocycles. The first-order valence-corrected chi connectivity index (χ1v) is 9.70. The Morgan fingerprint density at radius 1 is 1.21 bits per heavy atom. The van der Waals surface area contributed by atoms with Crippen molar-refractivity contribution in [1.29, 1.82) is 0 Å². The van der Waals surface area contributed by atoms with E-state index >= 15 is 0 Å². The number of benzene rings is 1. The van der Waals surface area contributed by atoms with Gasteiger partial charge in [-0.1, -0.05) is 18.2 Å². The Balaban J connectivity index is 1.84. The topological polar surface area (TPSA) is 87.2 Å². The summed E-state index contributed by atoms with van der Waals surface area (Å²) in [6, 6.07) is 7.10. The zero-order valence-corrected chi connectivity index (χ0v) is 17.5. The van der Waals surface area contributed by atoms with E-state index in [1.807, 2.05) is 19.1 Å². The molecule has 0 spiro atoms. The number of piperazine rings is 1. The average molecular weight is 403 g/mol. The van der Waals surface area contributed by atoms with E-state index in [0.29, 0.717) is 38.0 Å². The Hall–Kier alpha value is -2.90. The van der Waals surface area contributed by atoms with Gasteiger partial charge in [-0.3, -0.25) is 24.2 Å². The number of carbonyl (C=O) groups is 4. The second-order valence-electron chi connectivity index (χ2n) is 8.06. The number of hydrogen-bond acceptors (Lipinski definition) is 5. The third-order valence-electron chi connectivity index (χ3n) is 4.56. The maximum absolute atomic E-state index is 12.5. The van der Waals surface area contributed by atoms with Gasteiger partial charge in [-0.2, -0.15) is 0 Å². The second kappa shape index (κ2) is 9.54. The molecule has 0 aromatic heterocycles. The molecule has 1 aromatic carbocycles. The number of amides is 4. The van der Waals surface area contributed by atoms with Gasteiger partial charge in [0.2, 0.25) is 12.3 Å². The fourth-order valence-electron chi connectivity index (χ4n) is 3.03. The molecule has 4 amide bonds. The molecule has 0 radical (unpaired) electrons. The van der Waals surface area contributed by atoms with Crippen molar-refractivity contribution in [3.63, 3.8) is 0 Å².